The summed E-state index contributed by atoms with van der Waals surface area (Å²) in [5.74, 6) is -0.265. The first-order chi connectivity index (χ1) is 13.9. The van der Waals surface area contributed by atoms with E-state index in [1.807, 2.05) is 6.92 Å². The highest BCUT2D eigenvalue weighted by Gasteiger charge is 2.22. The number of carbonyl (C=O) groups excluding carboxylic acids is 1. The molecule has 1 aromatic heterocycles. The Morgan fingerprint density at radius 2 is 2.03 bits per heavy atom. The normalized spacial score (nSPS) is 15.8. The van der Waals surface area contributed by atoms with Crippen molar-refractivity contribution in [2.75, 3.05) is 25.1 Å². The third kappa shape index (κ3) is 7.37. The summed E-state index contributed by atoms with van der Waals surface area (Å²) in [6, 6.07) is 4.40. The molecule has 0 fully saturated rings. The van der Waals surface area contributed by atoms with Gasteiger partial charge < -0.3 is 20.5 Å². The summed E-state index contributed by atoms with van der Waals surface area (Å²) in [5.41, 5.74) is 5.80. The number of halogens is 3. The fraction of sp³-hybridized carbons (Fsp3) is 0.333. The summed E-state index contributed by atoms with van der Waals surface area (Å²) in [7, 11) is 0. The van der Waals surface area contributed by atoms with Gasteiger partial charge in [-0.15, -0.1) is 0 Å². The van der Waals surface area contributed by atoms with Crippen LogP contribution in [0.15, 0.2) is 41.7 Å². The first kappa shape index (κ1) is 22.1. The molecule has 1 aliphatic rings. The van der Waals surface area contributed by atoms with Crippen LogP contribution in [0.1, 0.15) is 17.4 Å². The molecule has 29 heavy (non-hydrogen) atoms. The second-order valence-electron chi connectivity index (χ2n) is 5.67. The molecule has 2 heterocycles. The van der Waals surface area contributed by atoms with E-state index in [0.717, 1.165) is 0 Å². The van der Waals surface area contributed by atoms with E-state index in [0.29, 0.717) is 18.2 Å². The van der Waals surface area contributed by atoms with Crippen molar-refractivity contribution >= 4 is 17.4 Å². The van der Waals surface area contributed by atoms with Gasteiger partial charge in [-0.1, -0.05) is 0 Å². The third-order valence-electron chi connectivity index (χ3n) is 3.42. The number of rotatable bonds is 5. The van der Waals surface area contributed by atoms with Crippen LogP contribution >= 0.6 is 0 Å². The Labute approximate surface area is 165 Å². The summed E-state index contributed by atoms with van der Waals surface area (Å²) >= 11 is 0. The second kappa shape index (κ2) is 11.0. The number of aliphatic imine (C=N–C) groups is 1. The van der Waals surface area contributed by atoms with Crippen molar-refractivity contribution < 1.29 is 27.4 Å². The van der Waals surface area contributed by atoms with Gasteiger partial charge in [0.05, 0.1) is 25.6 Å². The van der Waals surface area contributed by atoms with Gasteiger partial charge in [0.25, 0.3) is 12.3 Å². The molecule has 0 aliphatic carbocycles. The number of hydrogen-bond acceptors (Lipinski definition) is 7. The Hall–Kier alpha value is -3.21. The molecular weight excluding hydrogens is 391 g/mol. The van der Waals surface area contributed by atoms with Gasteiger partial charge in [-0.05, 0) is 31.2 Å². The smallest absolute Gasteiger partial charge is 0.275 e. The molecule has 8 nitrogen and oxygen atoms in total. The maximum atomic E-state index is 12.7. The highest BCUT2D eigenvalue weighted by atomic mass is 19.3. The van der Waals surface area contributed by atoms with Gasteiger partial charge in [0.15, 0.2) is 0 Å². The van der Waals surface area contributed by atoms with Crippen LogP contribution in [0.2, 0.25) is 0 Å². The minimum Gasteiger partial charge on any atom is -0.477 e. The van der Waals surface area contributed by atoms with Gasteiger partial charge in [-0.25, -0.2) is 23.1 Å². The van der Waals surface area contributed by atoms with E-state index in [4.69, 9.17) is 15.2 Å². The van der Waals surface area contributed by atoms with Crippen molar-refractivity contribution in [1.29, 1.82) is 0 Å². The Morgan fingerprint density at radius 1 is 1.31 bits per heavy atom. The van der Waals surface area contributed by atoms with Gasteiger partial charge in [-0.3, -0.25) is 9.79 Å². The number of benzene rings is 1. The van der Waals surface area contributed by atoms with E-state index >= 15 is 0 Å². The van der Waals surface area contributed by atoms with Crippen molar-refractivity contribution in [2.45, 2.75) is 19.4 Å². The average Bonchev–Trinajstić information content (AvgIpc) is 2.71. The van der Waals surface area contributed by atoms with Crippen LogP contribution in [0.4, 0.5) is 18.9 Å². The third-order valence-corrected chi connectivity index (χ3v) is 3.42. The van der Waals surface area contributed by atoms with Crippen LogP contribution in [-0.2, 0) is 4.74 Å². The molecular formula is C18H20F3N5O3. The van der Waals surface area contributed by atoms with E-state index in [1.54, 1.807) is 0 Å². The van der Waals surface area contributed by atoms with E-state index < -0.39 is 18.4 Å². The molecule has 1 amide bonds. The molecule has 1 aromatic carbocycles. The molecule has 0 radical (unpaired) electrons. The van der Waals surface area contributed by atoms with Crippen LogP contribution in [-0.4, -0.2) is 54.0 Å². The molecule has 11 heteroatoms. The highest BCUT2D eigenvalue weighted by molar-refractivity contribution is 6.02. The standard InChI is InChI=1S/C13H12FN3O2.C5H8F2N2O/c1-2-19-12-8-15-11(7-16-12)13(18)17-10-5-3-9(14)4-6-10;6-5(7)3-1-10-2-4(8)9-3/h3-8H,2H2,1H3,(H,17,18);3,5H,1-2H2,(H2,8,9). The van der Waals surface area contributed by atoms with Crippen LogP contribution in [0.3, 0.4) is 0 Å². The minimum atomic E-state index is -2.47. The quantitative estimate of drug-likeness (QED) is 0.781. The molecule has 3 rings (SSSR count). The number of amidine groups is 1. The van der Waals surface area contributed by atoms with Crippen molar-refractivity contribution in [1.82, 2.24) is 9.97 Å². The van der Waals surface area contributed by atoms with E-state index in [9.17, 15) is 18.0 Å². The van der Waals surface area contributed by atoms with E-state index in [-0.39, 0.29) is 30.6 Å². The molecule has 0 saturated carbocycles. The van der Waals surface area contributed by atoms with Crippen LogP contribution in [0, 0.1) is 5.82 Å². The highest BCUT2D eigenvalue weighted by Crippen LogP contribution is 2.11. The fourth-order valence-corrected chi connectivity index (χ4v) is 2.09. The average molecular weight is 411 g/mol. The lowest BCUT2D eigenvalue weighted by Gasteiger charge is -2.17. The molecule has 0 saturated heterocycles. The molecule has 3 N–H and O–H groups in total. The van der Waals surface area contributed by atoms with E-state index in [1.165, 1.54) is 36.7 Å². The molecule has 1 aliphatic heterocycles. The number of hydrogen-bond donors (Lipinski definition) is 2. The van der Waals surface area contributed by atoms with Crippen molar-refractivity contribution in [3.63, 3.8) is 0 Å². The summed E-state index contributed by atoms with van der Waals surface area (Å²) < 4.78 is 46.3. The van der Waals surface area contributed by atoms with Gasteiger partial charge in [0.1, 0.15) is 30.0 Å². The Balaban J connectivity index is 0.000000253. The predicted octanol–water partition coefficient (Wildman–Crippen LogP) is 2.27. The zero-order chi connectivity index (χ0) is 21.2. The maximum Gasteiger partial charge on any atom is 0.275 e. The number of nitrogens with two attached hydrogens (primary N) is 1. The molecule has 0 bridgehead atoms. The number of anilines is 1. The van der Waals surface area contributed by atoms with Crippen molar-refractivity contribution in [2.24, 2.45) is 10.7 Å². The van der Waals surface area contributed by atoms with Crippen LogP contribution < -0.4 is 15.8 Å². The SMILES string of the molecule is CCOc1cnc(C(=O)Nc2ccc(F)cc2)cn1.NC1=NC(C(F)F)COC1. The van der Waals surface area contributed by atoms with Gasteiger partial charge in [0, 0.05) is 5.69 Å². The van der Waals surface area contributed by atoms with Gasteiger partial charge in [0.2, 0.25) is 5.88 Å². The Kier molecular flexibility index (Phi) is 8.34. The lowest BCUT2D eigenvalue weighted by atomic mass is 10.3. The molecule has 0 spiro atoms. The number of carbonyl (C=O) groups is 1. The number of ether oxygens (including phenoxy) is 2. The van der Waals surface area contributed by atoms with Crippen molar-refractivity contribution in [3.05, 3.63) is 48.2 Å². The minimum absolute atomic E-state index is 0.0294. The lowest BCUT2D eigenvalue weighted by molar-refractivity contribution is 0.0505. The summed E-state index contributed by atoms with van der Waals surface area (Å²) in [5, 5.41) is 2.59. The number of alkyl halides is 2. The molecule has 1 atom stereocenters. The first-order valence-electron chi connectivity index (χ1n) is 8.58. The fourth-order valence-electron chi connectivity index (χ4n) is 2.09. The summed E-state index contributed by atoms with van der Waals surface area (Å²) in [6.45, 7) is 2.45. The predicted molar refractivity (Wildman–Crippen MR) is 99.8 cm³/mol. The first-order valence-corrected chi connectivity index (χ1v) is 8.58. The molecule has 2 aromatic rings. The number of nitrogens with zero attached hydrogens (tertiary/aromatic N) is 3. The summed E-state index contributed by atoms with van der Waals surface area (Å²) in [4.78, 5) is 23.2. The zero-order valence-electron chi connectivity index (χ0n) is 15.5. The monoisotopic (exact) mass is 411 g/mol. The van der Waals surface area contributed by atoms with Crippen molar-refractivity contribution in [3.8, 4) is 5.88 Å². The number of aromatic nitrogens is 2. The lowest BCUT2D eigenvalue weighted by Crippen LogP contribution is -2.34. The summed E-state index contributed by atoms with van der Waals surface area (Å²) in [6.07, 6.45) is 0.228. The largest absolute Gasteiger partial charge is 0.477 e. The number of amides is 1. The second-order valence-corrected chi connectivity index (χ2v) is 5.67. The zero-order valence-corrected chi connectivity index (χ0v) is 15.5. The Morgan fingerprint density at radius 3 is 2.55 bits per heavy atom. The Bertz CT molecular complexity index is 816. The van der Waals surface area contributed by atoms with Gasteiger partial charge >= 0.3 is 0 Å². The molecule has 156 valence electrons. The van der Waals surface area contributed by atoms with Gasteiger partial charge in [-0.2, -0.15) is 0 Å². The molecule has 1 unspecified atom stereocenters. The number of nitrogens with one attached hydrogen (secondary N) is 1. The maximum absolute atomic E-state index is 12.7. The van der Waals surface area contributed by atoms with E-state index in [2.05, 4.69) is 20.3 Å². The topological polar surface area (TPSA) is 112 Å². The van der Waals surface area contributed by atoms with Crippen LogP contribution in [0.5, 0.6) is 5.88 Å². The van der Waals surface area contributed by atoms with Crippen LogP contribution in [0.25, 0.3) is 0 Å².